The first-order valence-electron chi connectivity index (χ1n) is 17.2. The van der Waals surface area contributed by atoms with Gasteiger partial charge in [-0.3, -0.25) is 24.5 Å². The van der Waals surface area contributed by atoms with Gasteiger partial charge < -0.3 is 29.3 Å². The summed E-state index contributed by atoms with van der Waals surface area (Å²) in [5.74, 6) is 11.2. The SMILES string of the molecule is CC/C=C1\C2=C(C)C(=O)C[C@@]1(O)C#C/C=C\C#C[C@@H]2OCCCOc1cc2c(cc1OCCO)C(=O)N1C=C(C3=CC(=O)NC(=O)C3)CC1CC2. The zero-order chi connectivity index (χ0) is 36.1. The summed E-state index contributed by atoms with van der Waals surface area (Å²) in [7, 11) is 0. The lowest BCUT2D eigenvalue weighted by atomic mass is 9.73. The molecule has 3 atom stereocenters. The maximum absolute atomic E-state index is 13.8. The van der Waals surface area contributed by atoms with Crippen LogP contribution < -0.4 is 14.8 Å². The molecule has 2 aliphatic carbocycles. The van der Waals surface area contributed by atoms with Crippen molar-refractivity contribution in [2.24, 2.45) is 0 Å². The van der Waals surface area contributed by atoms with E-state index in [1.165, 1.54) is 6.08 Å². The van der Waals surface area contributed by atoms with Crippen molar-refractivity contribution in [1.29, 1.82) is 0 Å². The molecule has 3 N–H and O–H groups in total. The number of benzene rings is 1. The van der Waals surface area contributed by atoms with Crippen LogP contribution in [0.15, 0.2) is 70.5 Å². The summed E-state index contributed by atoms with van der Waals surface area (Å²) < 4.78 is 18.2. The third kappa shape index (κ3) is 7.62. The highest BCUT2D eigenvalue weighted by Gasteiger charge is 2.43. The van der Waals surface area contributed by atoms with Crippen molar-refractivity contribution in [2.45, 2.75) is 76.5 Å². The van der Waals surface area contributed by atoms with E-state index in [0.29, 0.717) is 71.5 Å². The molecule has 0 radical (unpaired) electrons. The second-order valence-electron chi connectivity index (χ2n) is 12.9. The molecule has 0 fully saturated rings. The maximum Gasteiger partial charge on any atom is 0.258 e. The Hall–Kier alpha value is -5.20. The van der Waals surface area contributed by atoms with E-state index in [2.05, 4.69) is 29.0 Å². The summed E-state index contributed by atoms with van der Waals surface area (Å²) in [6, 6.07) is 3.33. The second-order valence-corrected chi connectivity index (χ2v) is 12.9. The van der Waals surface area contributed by atoms with Gasteiger partial charge in [0.2, 0.25) is 5.91 Å². The van der Waals surface area contributed by atoms with Crippen LogP contribution in [0.2, 0.25) is 0 Å². The largest absolute Gasteiger partial charge is 0.490 e. The number of nitrogens with zero attached hydrogens (tertiary/aromatic N) is 1. The van der Waals surface area contributed by atoms with E-state index < -0.39 is 17.6 Å². The van der Waals surface area contributed by atoms with Crippen LogP contribution in [0.1, 0.15) is 68.3 Å². The molecule has 3 amide bonds. The van der Waals surface area contributed by atoms with Gasteiger partial charge in [0.1, 0.15) is 12.7 Å². The minimum absolute atomic E-state index is 0.000594. The minimum atomic E-state index is -1.63. The molecule has 0 aromatic heterocycles. The lowest BCUT2D eigenvalue weighted by Crippen LogP contribution is -2.41. The molecular formula is C40H40N2O9. The number of amides is 3. The molecule has 0 saturated carbocycles. The Bertz CT molecular complexity index is 1940. The topological polar surface area (TPSA) is 152 Å². The summed E-state index contributed by atoms with van der Waals surface area (Å²) in [5.41, 5.74) is 2.64. The number of carbonyl (C=O) groups is 4. The van der Waals surface area contributed by atoms with Crippen LogP contribution in [0.5, 0.6) is 11.5 Å². The van der Waals surface area contributed by atoms with Crippen molar-refractivity contribution < 1.29 is 43.6 Å². The molecule has 11 nitrogen and oxygen atoms in total. The molecule has 0 spiro atoms. The molecule has 1 unspecified atom stereocenters. The number of hydrogen-bond donors (Lipinski definition) is 3. The predicted molar refractivity (Wildman–Crippen MR) is 186 cm³/mol. The van der Waals surface area contributed by atoms with Crippen molar-refractivity contribution in [3.63, 3.8) is 0 Å². The van der Waals surface area contributed by atoms with Gasteiger partial charge in [-0.1, -0.05) is 36.7 Å². The van der Waals surface area contributed by atoms with Gasteiger partial charge in [-0.25, -0.2) is 0 Å². The van der Waals surface area contributed by atoms with Crippen LogP contribution in [0, 0.1) is 23.7 Å². The molecule has 3 aliphatic heterocycles. The van der Waals surface area contributed by atoms with Crippen LogP contribution >= 0.6 is 0 Å². The molecule has 2 bridgehead atoms. The molecule has 11 heteroatoms. The summed E-state index contributed by atoms with van der Waals surface area (Å²) in [6.07, 6.45) is 10.2. The lowest BCUT2D eigenvalue weighted by molar-refractivity contribution is -0.128. The van der Waals surface area contributed by atoms with E-state index in [4.69, 9.17) is 14.2 Å². The van der Waals surface area contributed by atoms with Crippen LogP contribution in [0.3, 0.4) is 0 Å². The number of nitrogens with one attached hydrogen (secondary N) is 1. The normalized spacial score (nSPS) is 25.3. The highest BCUT2D eigenvalue weighted by molar-refractivity contribution is 6.06. The highest BCUT2D eigenvalue weighted by atomic mass is 16.5. The van der Waals surface area contributed by atoms with Gasteiger partial charge in [0, 0.05) is 35.9 Å². The van der Waals surface area contributed by atoms with Crippen LogP contribution in [0.25, 0.3) is 0 Å². The number of Topliss-reactive ketones (excluding diaryl/α,β-unsaturated/α-hetero) is 1. The third-order valence-electron chi connectivity index (χ3n) is 9.42. The van der Waals surface area contributed by atoms with Gasteiger partial charge in [0.25, 0.3) is 11.8 Å². The van der Waals surface area contributed by atoms with Crippen molar-refractivity contribution >= 4 is 23.5 Å². The number of aliphatic hydroxyl groups is 2. The third-order valence-corrected chi connectivity index (χ3v) is 9.42. The lowest BCUT2D eigenvalue weighted by Gasteiger charge is -2.35. The van der Waals surface area contributed by atoms with E-state index in [0.717, 1.165) is 11.1 Å². The number of ether oxygens (including phenoxy) is 3. The number of imide groups is 1. The Kier molecular flexibility index (Phi) is 10.7. The highest BCUT2D eigenvalue weighted by Crippen LogP contribution is 2.40. The number of ketones is 1. The smallest absolute Gasteiger partial charge is 0.258 e. The fraction of sp³-hybridized carbons (Fsp3) is 0.400. The Morgan fingerprint density at radius 2 is 1.84 bits per heavy atom. The number of allylic oxidation sites excluding steroid dienone is 4. The second kappa shape index (κ2) is 15.4. The van der Waals surface area contributed by atoms with Gasteiger partial charge in [0.15, 0.2) is 22.9 Å². The van der Waals surface area contributed by atoms with Crippen molar-refractivity contribution in [3.05, 3.63) is 81.6 Å². The molecule has 1 aromatic rings. The van der Waals surface area contributed by atoms with Gasteiger partial charge >= 0.3 is 0 Å². The van der Waals surface area contributed by atoms with Gasteiger partial charge in [-0.05, 0) is 84.7 Å². The summed E-state index contributed by atoms with van der Waals surface area (Å²) in [6.45, 7) is 3.90. The average molecular weight is 693 g/mol. The van der Waals surface area contributed by atoms with E-state index in [-0.39, 0.29) is 62.9 Å². The molecule has 3 heterocycles. The standard InChI is InChI=1S/C40H40N2O9/c1-3-9-31-38-25(2)32(44)23-40(31,48)13-7-5-4-6-10-33(38)49-15-8-16-50-34-19-26-11-12-29-18-28(27-20-36(45)41-37(46)21-27)24-42(29)39(47)30(26)22-35(34)51-17-14-43/h4-5,9,19-20,22,24,29,33,43,48H,3,8,11-12,14-18,21,23H2,1-2H3,(H,41,45,46)/b5-4-,31-9+/t29?,33-,40-/m0/s1. The molecular weight excluding hydrogens is 652 g/mol. The van der Waals surface area contributed by atoms with E-state index in [1.54, 1.807) is 36.2 Å². The Morgan fingerprint density at radius 1 is 1.06 bits per heavy atom. The van der Waals surface area contributed by atoms with Gasteiger partial charge in [0.05, 0.1) is 32.7 Å². The quantitative estimate of drug-likeness (QED) is 0.181. The molecule has 264 valence electrons. The van der Waals surface area contributed by atoms with Crippen molar-refractivity contribution in [2.75, 3.05) is 26.4 Å². The average Bonchev–Trinajstić information content (AvgIpc) is 3.48. The zero-order valence-electron chi connectivity index (χ0n) is 28.7. The number of carbonyl (C=O) groups excluding carboxylic acids is 4. The van der Waals surface area contributed by atoms with Gasteiger partial charge in [-0.15, -0.1) is 0 Å². The maximum atomic E-state index is 13.8. The summed E-state index contributed by atoms with van der Waals surface area (Å²) in [4.78, 5) is 52.4. The number of aliphatic hydroxyl groups excluding tert-OH is 1. The number of fused-ring (bicyclic) bond motifs is 4. The van der Waals surface area contributed by atoms with Crippen LogP contribution in [0.4, 0.5) is 0 Å². The number of aryl methyl sites for hydroxylation is 1. The molecule has 1 aromatic carbocycles. The van der Waals surface area contributed by atoms with Crippen LogP contribution in [-0.4, -0.2) is 82.8 Å². The van der Waals surface area contributed by atoms with Gasteiger partial charge in [-0.2, -0.15) is 0 Å². The van der Waals surface area contributed by atoms with E-state index in [1.807, 2.05) is 19.1 Å². The Balaban J connectivity index is 1.16. The summed E-state index contributed by atoms with van der Waals surface area (Å²) >= 11 is 0. The van der Waals surface area contributed by atoms with Crippen molar-refractivity contribution in [3.8, 4) is 35.2 Å². The van der Waals surface area contributed by atoms with Crippen molar-refractivity contribution in [1.82, 2.24) is 10.2 Å². The minimum Gasteiger partial charge on any atom is -0.490 e. The fourth-order valence-electron chi connectivity index (χ4n) is 6.99. The monoisotopic (exact) mass is 692 g/mol. The molecule has 0 saturated heterocycles. The first kappa shape index (κ1) is 35.6. The first-order chi connectivity index (χ1) is 24.6. The molecule has 51 heavy (non-hydrogen) atoms. The Morgan fingerprint density at radius 3 is 2.63 bits per heavy atom. The predicted octanol–water partition coefficient (Wildman–Crippen LogP) is 3.16. The number of rotatable bonds is 11. The van der Waals surface area contributed by atoms with Crippen LogP contribution in [-0.2, 0) is 25.5 Å². The molecule has 5 aliphatic rings. The first-order valence-corrected chi connectivity index (χ1v) is 17.2. The van der Waals surface area contributed by atoms with E-state index >= 15 is 0 Å². The van der Waals surface area contributed by atoms with E-state index in [9.17, 15) is 29.4 Å². The Labute approximate surface area is 296 Å². The molecule has 6 rings (SSSR count). The zero-order valence-corrected chi connectivity index (χ0v) is 28.7. The summed E-state index contributed by atoms with van der Waals surface area (Å²) in [5, 5.41) is 23.2. The number of hydrogen-bond acceptors (Lipinski definition) is 9. The fourth-order valence-corrected chi connectivity index (χ4v) is 6.99.